The molecule has 0 atom stereocenters. The van der Waals surface area contributed by atoms with Crippen LogP contribution < -0.4 is 5.43 Å². The van der Waals surface area contributed by atoms with E-state index in [-0.39, 0.29) is 0 Å². The molecule has 7 nitrogen and oxygen atoms in total. The molecule has 3 heterocycles. The molecule has 0 radical (unpaired) electrons. The molecule has 2 N–H and O–H groups in total. The number of aromatic nitrogens is 4. The minimum absolute atomic E-state index is 0.480. The van der Waals surface area contributed by atoms with Crippen LogP contribution in [0.15, 0.2) is 22.5 Å². The van der Waals surface area contributed by atoms with E-state index in [9.17, 15) is 0 Å². The zero-order chi connectivity index (χ0) is 16.5. The van der Waals surface area contributed by atoms with E-state index in [4.69, 9.17) is 4.99 Å². The van der Waals surface area contributed by atoms with E-state index in [2.05, 4.69) is 50.2 Å². The molecule has 8 heteroatoms. The third kappa shape index (κ3) is 2.86. The number of amidine groups is 1. The summed E-state index contributed by atoms with van der Waals surface area (Å²) in [7, 11) is 0. The normalized spacial score (nSPS) is 20.4. The third-order valence-corrected chi connectivity index (χ3v) is 5.50. The molecule has 1 aliphatic carbocycles. The highest BCUT2D eigenvalue weighted by atomic mass is 32.2. The zero-order valence-corrected chi connectivity index (χ0v) is 14.7. The highest BCUT2D eigenvalue weighted by Crippen LogP contribution is 2.25. The Morgan fingerprint density at radius 3 is 2.79 bits per heavy atom. The molecule has 2 aliphatic rings. The van der Waals surface area contributed by atoms with Crippen molar-refractivity contribution < 1.29 is 0 Å². The van der Waals surface area contributed by atoms with Crippen molar-refractivity contribution in [3.05, 3.63) is 29.3 Å². The van der Waals surface area contributed by atoms with E-state index in [0.29, 0.717) is 6.04 Å². The molecule has 1 aliphatic heterocycles. The van der Waals surface area contributed by atoms with Crippen molar-refractivity contribution in [3.63, 3.8) is 0 Å². The molecule has 0 amide bonds. The Bertz CT molecular complexity index is 782. The lowest BCUT2D eigenvalue weighted by molar-refractivity contribution is 0.703. The first-order chi connectivity index (χ1) is 11.7. The Kier molecular flexibility index (Phi) is 4.13. The molecule has 1 saturated carbocycles. The van der Waals surface area contributed by atoms with Gasteiger partial charge in [0.1, 0.15) is 6.33 Å². The fraction of sp³-hybridized carbons (Fsp3) is 0.500. The Labute approximate surface area is 145 Å². The summed E-state index contributed by atoms with van der Waals surface area (Å²) < 4.78 is 2.07. The van der Waals surface area contributed by atoms with E-state index in [1.54, 1.807) is 11.8 Å². The molecule has 0 unspecified atom stereocenters. The number of hydrogen-bond donors (Lipinski definition) is 2. The SMILES string of the molecule is Cc1cc(C2=NNC(=NC3CCCC3)SC2)c(C)n1-c1ncn[nH]1. The van der Waals surface area contributed by atoms with Gasteiger partial charge in [0.15, 0.2) is 5.17 Å². The lowest BCUT2D eigenvalue weighted by Gasteiger charge is -2.16. The largest absolute Gasteiger partial charge is 0.287 e. The summed E-state index contributed by atoms with van der Waals surface area (Å²) in [5.41, 5.74) is 7.55. The molecular weight excluding hydrogens is 322 g/mol. The zero-order valence-electron chi connectivity index (χ0n) is 13.9. The van der Waals surface area contributed by atoms with Crippen LogP contribution in [0.4, 0.5) is 0 Å². The molecule has 2 aromatic heterocycles. The van der Waals surface area contributed by atoms with Crippen molar-refractivity contribution in [3.8, 4) is 5.95 Å². The second-order valence-corrected chi connectivity index (χ2v) is 7.22. The Morgan fingerprint density at radius 2 is 2.12 bits per heavy atom. The number of hydrazone groups is 1. The average molecular weight is 343 g/mol. The topological polar surface area (TPSA) is 83.2 Å². The smallest absolute Gasteiger partial charge is 0.229 e. The van der Waals surface area contributed by atoms with Gasteiger partial charge in [-0.05, 0) is 32.8 Å². The van der Waals surface area contributed by atoms with Crippen LogP contribution >= 0.6 is 11.8 Å². The van der Waals surface area contributed by atoms with Crippen LogP contribution in [0.25, 0.3) is 5.95 Å². The predicted molar refractivity (Wildman–Crippen MR) is 97.0 cm³/mol. The Morgan fingerprint density at radius 1 is 1.29 bits per heavy atom. The molecule has 0 aromatic carbocycles. The summed E-state index contributed by atoms with van der Waals surface area (Å²) >= 11 is 1.74. The molecule has 0 spiro atoms. The number of nitrogens with one attached hydrogen (secondary N) is 2. The van der Waals surface area contributed by atoms with Crippen LogP contribution in [-0.4, -0.2) is 42.4 Å². The molecule has 126 valence electrons. The first kappa shape index (κ1) is 15.4. The van der Waals surface area contributed by atoms with Gasteiger partial charge < -0.3 is 0 Å². The number of rotatable bonds is 3. The molecule has 4 rings (SSSR count). The highest BCUT2D eigenvalue weighted by Gasteiger charge is 2.21. The quantitative estimate of drug-likeness (QED) is 0.897. The van der Waals surface area contributed by atoms with Gasteiger partial charge in [-0.2, -0.15) is 15.2 Å². The monoisotopic (exact) mass is 343 g/mol. The van der Waals surface area contributed by atoms with Crippen molar-refractivity contribution in [2.45, 2.75) is 45.6 Å². The molecule has 24 heavy (non-hydrogen) atoms. The minimum atomic E-state index is 0.480. The molecule has 0 bridgehead atoms. The van der Waals surface area contributed by atoms with E-state index in [1.165, 1.54) is 32.0 Å². The van der Waals surface area contributed by atoms with E-state index >= 15 is 0 Å². The minimum Gasteiger partial charge on any atom is -0.287 e. The van der Waals surface area contributed by atoms with Crippen molar-refractivity contribution in [1.82, 2.24) is 25.2 Å². The predicted octanol–water partition coefficient (Wildman–Crippen LogP) is 2.55. The number of aromatic amines is 1. The number of hydrogen-bond acceptors (Lipinski definition) is 5. The maximum atomic E-state index is 4.78. The number of aliphatic imine (C=N–C) groups is 1. The van der Waals surface area contributed by atoms with Gasteiger partial charge in [-0.25, -0.2) is 5.10 Å². The van der Waals surface area contributed by atoms with Crippen LogP contribution in [0.3, 0.4) is 0 Å². The Hall–Kier alpha value is -2.09. The number of H-pyrrole nitrogens is 1. The van der Waals surface area contributed by atoms with Crippen molar-refractivity contribution in [2.75, 3.05) is 5.75 Å². The van der Waals surface area contributed by atoms with Gasteiger partial charge >= 0.3 is 0 Å². The third-order valence-electron chi connectivity index (χ3n) is 4.61. The first-order valence-electron chi connectivity index (χ1n) is 8.30. The van der Waals surface area contributed by atoms with Gasteiger partial charge in [-0.15, -0.1) is 0 Å². The first-order valence-corrected chi connectivity index (χ1v) is 9.29. The van der Waals surface area contributed by atoms with Crippen molar-refractivity contribution in [1.29, 1.82) is 0 Å². The summed E-state index contributed by atoms with van der Waals surface area (Å²) in [6, 6.07) is 2.63. The summed E-state index contributed by atoms with van der Waals surface area (Å²) in [4.78, 5) is 9.03. The lowest BCUT2D eigenvalue weighted by atomic mass is 10.1. The molecule has 2 aromatic rings. The second kappa shape index (κ2) is 6.43. The maximum absolute atomic E-state index is 4.78. The summed E-state index contributed by atoms with van der Waals surface area (Å²) in [5.74, 6) is 1.57. The number of aryl methyl sites for hydroxylation is 1. The number of thioether (sulfide) groups is 1. The van der Waals surface area contributed by atoms with Crippen LogP contribution in [-0.2, 0) is 0 Å². The van der Waals surface area contributed by atoms with Gasteiger partial charge in [0, 0.05) is 22.7 Å². The lowest BCUT2D eigenvalue weighted by Crippen LogP contribution is -2.26. The van der Waals surface area contributed by atoms with Crippen molar-refractivity contribution in [2.24, 2.45) is 10.1 Å². The van der Waals surface area contributed by atoms with E-state index < -0.39 is 0 Å². The fourth-order valence-corrected chi connectivity index (χ4v) is 4.23. The summed E-state index contributed by atoms with van der Waals surface area (Å²) in [6.45, 7) is 4.15. The van der Waals surface area contributed by atoms with E-state index in [0.717, 1.165) is 39.5 Å². The maximum Gasteiger partial charge on any atom is 0.229 e. The van der Waals surface area contributed by atoms with Gasteiger partial charge in [0.2, 0.25) is 5.95 Å². The average Bonchev–Trinajstić information content (AvgIpc) is 3.31. The van der Waals surface area contributed by atoms with Gasteiger partial charge in [0.05, 0.1) is 11.8 Å². The van der Waals surface area contributed by atoms with Gasteiger partial charge in [0.25, 0.3) is 0 Å². The standard InChI is InChI=1S/C16H21N7S/c1-10-7-13(11(2)23(10)15-17-9-18-21-15)14-8-24-16(22-20-14)19-12-5-3-4-6-12/h7,9,12H,3-6,8H2,1-2H3,(H,19,22)(H,17,18,21). The molecule has 0 saturated heterocycles. The highest BCUT2D eigenvalue weighted by molar-refractivity contribution is 8.14. The van der Waals surface area contributed by atoms with Crippen LogP contribution in [0.1, 0.15) is 42.6 Å². The Balaban J connectivity index is 1.57. The molecular formula is C16H21N7S. The summed E-state index contributed by atoms with van der Waals surface area (Å²) in [5, 5.41) is 12.4. The second-order valence-electron chi connectivity index (χ2n) is 6.26. The fourth-order valence-electron chi connectivity index (χ4n) is 3.41. The van der Waals surface area contributed by atoms with Gasteiger partial charge in [-0.1, -0.05) is 24.6 Å². The van der Waals surface area contributed by atoms with Crippen LogP contribution in [0.2, 0.25) is 0 Å². The van der Waals surface area contributed by atoms with Gasteiger partial charge in [-0.3, -0.25) is 15.0 Å². The number of nitrogens with zero attached hydrogens (tertiary/aromatic N) is 5. The summed E-state index contributed by atoms with van der Waals surface area (Å²) in [6.07, 6.45) is 6.54. The van der Waals surface area contributed by atoms with Crippen LogP contribution in [0, 0.1) is 13.8 Å². The van der Waals surface area contributed by atoms with E-state index in [1.807, 2.05) is 0 Å². The van der Waals surface area contributed by atoms with Crippen LogP contribution in [0.5, 0.6) is 0 Å². The van der Waals surface area contributed by atoms with Crippen molar-refractivity contribution >= 4 is 22.6 Å². The molecule has 1 fully saturated rings.